The van der Waals surface area contributed by atoms with Crippen LogP contribution in [0.4, 0.5) is 0 Å². The average Bonchev–Trinajstić information content (AvgIpc) is 2.67. The number of halogens is 1. The monoisotopic (exact) mass is 323 g/mol. The third-order valence-electron chi connectivity index (χ3n) is 3.37. The van der Waals surface area contributed by atoms with Crippen molar-refractivity contribution in [2.75, 3.05) is 7.11 Å². The number of rotatable bonds is 3. The molecule has 0 bridgehead atoms. The smallest absolute Gasteiger partial charge is 0.128 e. The first kappa shape index (κ1) is 14.1. The normalized spacial score (nSPS) is 10.8. The van der Waals surface area contributed by atoms with Crippen molar-refractivity contribution in [3.05, 3.63) is 33.4 Å². The Morgan fingerprint density at radius 3 is 2.47 bits per heavy atom. The molecule has 0 unspecified atom stereocenters. The predicted molar refractivity (Wildman–Crippen MR) is 80.3 cm³/mol. The van der Waals surface area contributed by atoms with Crippen LogP contribution < -0.4 is 10.5 Å². The van der Waals surface area contributed by atoms with E-state index in [1.54, 1.807) is 11.8 Å². The van der Waals surface area contributed by atoms with Crippen molar-refractivity contribution in [1.29, 1.82) is 0 Å². The highest BCUT2D eigenvalue weighted by Gasteiger charge is 2.18. The van der Waals surface area contributed by atoms with E-state index in [1.165, 1.54) is 11.1 Å². The summed E-state index contributed by atoms with van der Waals surface area (Å²) < 4.78 is 8.20. The zero-order valence-electron chi connectivity index (χ0n) is 11.6. The van der Waals surface area contributed by atoms with Crippen LogP contribution in [-0.4, -0.2) is 16.9 Å². The number of hydrogen-bond donors (Lipinski definition) is 1. The molecule has 1 aromatic heterocycles. The van der Waals surface area contributed by atoms with E-state index in [0.717, 1.165) is 27.2 Å². The second kappa shape index (κ2) is 5.35. The van der Waals surface area contributed by atoms with E-state index in [9.17, 15) is 0 Å². The Labute approximate surface area is 121 Å². The fourth-order valence-electron chi connectivity index (χ4n) is 2.07. The summed E-state index contributed by atoms with van der Waals surface area (Å²) in [6.45, 7) is 4.59. The van der Waals surface area contributed by atoms with E-state index in [0.29, 0.717) is 6.54 Å². The van der Waals surface area contributed by atoms with Crippen LogP contribution in [-0.2, 0) is 13.6 Å². The van der Waals surface area contributed by atoms with Crippen LogP contribution in [0.2, 0.25) is 0 Å². The molecule has 0 fully saturated rings. The molecule has 5 heteroatoms. The molecule has 19 heavy (non-hydrogen) atoms. The number of hydrogen-bond acceptors (Lipinski definition) is 3. The maximum absolute atomic E-state index is 5.75. The molecule has 0 atom stereocenters. The molecule has 2 N–H and O–H groups in total. The topological polar surface area (TPSA) is 53.1 Å². The van der Waals surface area contributed by atoms with E-state index in [-0.39, 0.29) is 0 Å². The lowest BCUT2D eigenvalue weighted by molar-refractivity contribution is 0.416. The molecule has 102 valence electrons. The van der Waals surface area contributed by atoms with Crippen molar-refractivity contribution >= 4 is 15.9 Å². The minimum absolute atomic E-state index is 0.442. The van der Waals surface area contributed by atoms with Crippen LogP contribution in [0.3, 0.4) is 0 Å². The van der Waals surface area contributed by atoms with Crippen molar-refractivity contribution in [3.63, 3.8) is 0 Å². The van der Waals surface area contributed by atoms with Gasteiger partial charge in [0.1, 0.15) is 11.4 Å². The number of nitrogens with two attached hydrogens (primary N) is 1. The first-order chi connectivity index (χ1) is 8.99. The van der Waals surface area contributed by atoms with E-state index < -0.39 is 0 Å². The van der Waals surface area contributed by atoms with Crippen molar-refractivity contribution in [3.8, 4) is 17.0 Å². The molecule has 0 amide bonds. The Balaban J connectivity index is 2.68. The van der Waals surface area contributed by atoms with Gasteiger partial charge in [-0.1, -0.05) is 0 Å². The van der Waals surface area contributed by atoms with Gasteiger partial charge in [0.05, 0.1) is 17.3 Å². The zero-order valence-corrected chi connectivity index (χ0v) is 13.2. The van der Waals surface area contributed by atoms with Gasteiger partial charge in [-0.2, -0.15) is 5.10 Å². The van der Waals surface area contributed by atoms with Gasteiger partial charge in [-0.3, -0.25) is 4.68 Å². The maximum Gasteiger partial charge on any atom is 0.128 e. The molecular formula is C14H18BrN3O. The van der Waals surface area contributed by atoms with E-state index in [4.69, 9.17) is 10.5 Å². The summed E-state index contributed by atoms with van der Waals surface area (Å²) in [6, 6.07) is 4.13. The van der Waals surface area contributed by atoms with Gasteiger partial charge in [-0.05, 0) is 53.0 Å². The molecule has 0 saturated carbocycles. The molecule has 1 heterocycles. The minimum atomic E-state index is 0.442. The van der Waals surface area contributed by atoms with Gasteiger partial charge in [0.2, 0.25) is 0 Å². The predicted octanol–water partition coefficient (Wildman–Crippen LogP) is 2.93. The highest BCUT2D eigenvalue weighted by molar-refractivity contribution is 9.10. The minimum Gasteiger partial charge on any atom is -0.496 e. The van der Waals surface area contributed by atoms with Gasteiger partial charge >= 0.3 is 0 Å². The molecule has 4 nitrogen and oxygen atoms in total. The highest BCUT2D eigenvalue weighted by atomic mass is 79.9. The first-order valence-electron chi connectivity index (χ1n) is 6.06. The highest BCUT2D eigenvalue weighted by Crippen LogP contribution is 2.37. The number of nitrogens with zero attached hydrogens (tertiary/aromatic N) is 2. The summed E-state index contributed by atoms with van der Waals surface area (Å²) in [7, 11) is 3.57. The van der Waals surface area contributed by atoms with E-state index in [1.807, 2.05) is 13.1 Å². The van der Waals surface area contributed by atoms with Crippen LogP contribution in [0, 0.1) is 13.8 Å². The SMILES string of the molecule is COc1cc(C)c(C)cc1-c1nn(C)c(CN)c1Br. The molecule has 0 spiro atoms. The van der Waals surface area contributed by atoms with Crippen LogP contribution in [0.5, 0.6) is 5.75 Å². The molecular weight excluding hydrogens is 306 g/mol. The lowest BCUT2D eigenvalue weighted by Gasteiger charge is -2.10. The van der Waals surface area contributed by atoms with E-state index in [2.05, 4.69) is 40.9 Å². The quantitative estimate of drug-likeness (QED) is 0.944. The molecule has 2 rings (SSSR count). The summed E-state index contributed by atoms with van der Waals surface area (Å²) in [5.41, 5.74) is 11.0. The second-order valence-electron chi connectivity index (χ2n) is 4.57. The third-order valence-corrected chi connectivity index (χ3v) is 4.20. The van der Waals surface area contributed by atoms with Crippen molar-refractivity contribution in [1.82, 2.24) is 9.78 Å². The van der Waals surface area contributed by atoms with Crippen LogP contribution in [0.15, 0.2) is 16.6 Å². The van der Waals surface area contributed by atoms with Gasteiger partial charge in [0, 0.05) is 19.2 Å². The maximum atomic E-state index is 5.75. The van der Waals surface area contributed by atoms with Crippen LogP contribution in [0.1, 0.15) is 16.8 Å². The van der Waals surface area contributed by atoms with Gasteiger partial charge < -0.3 is 10.5 Å². The number of aryl methyl sites for hydroxylation is 3. The fourth-order valence-corrected chi connectivity index (χ4v) is 2.78. The lowest BCUT2D eigenvalue weighted by atomic mass is 10.0. The molecule has 0 aliphatic carbocycles. The summed E-state index contributed by atoms with van der Waals surface area (Å²) in [6.07, 6.45) is 0. The van der Waals surface area contributed by atoms with Crippen molar-refractivity contribution < 1.29 is 4.74 Å². The number of benzene rings is 1. The number of methoxy groups -OCH3 is 1. The Hall–Kier alpha value is -1.33. The lowest BCUT2D eigenvalue weighted by Crippen LogP contribution is -2.04. The zero-order chi connectivity index (χ0) is 14.2. The molecule has 1 aromatic carbocycles. The molecule has 0 aliphatic rings. The molecule has 2 aromatic rings. The van der Waals surface area contributed by atoms with E-state index >= 15 is 0 Å². The van der Waals surface area contributed by atoms with Gasteiger partial charge in [0.15, 0.2) is 0 Å². The number of aromatic nitrogens is 2. The van der Waals surface area contributed by atoms with Crippen molar-refractivity contribution in [2.45, 2.75) is 20.4 Å². The Bertz CT molecular complexity index is 620. The summed E-state index contributed by atoms with van der Waals surface area (Å²) in [5, 5.41) is 4.54. The Morgan fingerprint density at radius 1 is 1.32 bits per heavy atom. The largest absolute Gasteiger partial charge is 0.496 e. The summed E-state index contributed by atoms with van der Waals surface area (Å²) >= 11 is 3.59. The van der Waals surface area contributed by atoms with Gasteiger partial charge in [0.25, 0.3) is 0 Å². The van der Waals surface area contributed by atoms with Gasteiger partial charge in [-0.25, -0.2) is 0 Å². The molecule has 0 radical (unpaired) electrons. The van der Waals surface area contributed by atoms with Gasteiger partial charge in [-0.15, -0.1) is 0 Å². The summed E-state index contributed by atoms with van der Waals surface area (Å²) in [4.78, 5) is 0. The number of ether oxygens (including phenoxy) is 1. The third kappa shape index (κ3) is 2.40. The Morgan fingerprint density at radius 2 is 1.95 bits per heavy atom. The Kier molecular flexibility index (Phi) is 3.96. The fraction of sp³-hybridized carbons (Fsp3) is 0.357. The molecule has 0 aliphatic heterocycles. The van der Waals surface area contributed by atoms with Crippen molar-refractivity contribution in [2.24, 2.45) is 12.8 Å². The average molecular weight is 324 g/mol. The summed E-state index contributed by atoms with van der Waals surface area (Å²) in [5.74, 6) is 0.825. The van der Waals surface area contributed by atoms with Crippen LogP contribution in [0.25, 0.3) is 11.3 Å². The molecule has 0 saturated heterocycles. The first-order valence-corrected chi connectivity index (χ1v) is 6.86. The standard InChI is InChI=1S/C14H18BrN3O/c1-8-5-10(12(19-4)6-9(8)2)14-13(15)11(7-16)18(3)17-14/h5-6H,7,16H2,1-4H3. The van der Waals surface area contributed by atoms with Crippen LogP contribution >= 0.6 is 15.9 Å². The second-order valence-corrected chi connectivity index (χ2v) is 5.37.